The summed E-state index contributed by atoms with van der Waals surface area (Å²) in [6.45, 7) is 5.21. The first kappa shape index (κ1) is 16.7. The van der Waals surface area contributed by atoms with Gasteiger partial charge in [0.1, 0.15) is 0 Å². The quantitative estimate of drug-likeness (QED) is 0.687. The second-order valence-electron chi connectivity index (χ2n) is 4.83. The standard InChI is InChI=1S/C17H19Br2NO/c1-2-20-10-13-6-7-15(17(19)9-13)12-21-11-14-4-3-5-16(18)8-14/h3-9,20H,2,10-12H2,1H3. The molecule has 0 radical (unpaired) electrons. The van der Waals surface area contributed by atoms with E-state index in [1.807, 2.05) is 12.1 Å². The maximum absolute atomic E-state index is 5.80. The predicted octanol–water partition coefficient (Wildman–Crippen LogP) is 5.04. The van der Waals surface area contributed by atoms with Crippen LogP contribution in [0.1, 0.15) is 23.6 Å². The monoisotopic (exact) mass is 411 g/mol. The Morgan fingerprint density at radius 1 is 1.00 bits per heavy atom. The molecule has 0 saturated carbocycles. The molecule has 0 aliphatic heterocycles. The highest BCUT2D eigenvalue weighted by molar-refractivity contribution is 9.10. The molecule has 1 N–H and O–H groups in total. The second kappa shape index (κ2) is 8.69. The van der Waals surface area contributed by atoms with Crippen LogP contribution in [0, 0.1) is 0 Å². The van der Waals surface area contributed by atoms with Crippen molar-refractivity contribution < 1.29 is 4.74 Å². The summed E-state index contributed by atoms with van der Waals surface area (Å²) >= 11 is 7.09. The average Bonchev–Trinajstić information content (AvgIpc) is 2.47. The van der Waals surface area contributed by atoms with Gasteiger partial charge in [-0.15, -0.1) is 0 Å². The molecule has 4 heteroatoms. The summed E-state index contributed by atoms with van der Waals surface area (Å²) in [7, 11) is 0. The Morgan fingerprint density at radius 2 is 1.86 bits per heavy atom. The van der Waals surface area contributed by atoms with Crippen molar-refractivity contribution in [2.24, 2.45) is 0 Å². The van der Waals surface area contributed by atoms with Crippen molar-refractivity contribution in [1.82, 2.24) is 5.32 Å². The van der Waals surface area contributed by atoms with Crippen molar-refractivity contribution in [3.05, 3.63) is 68.1 Å². The smallest absolute Gasteiger partial charge is 0.0732 e. The van der Waals surface area contributed by atoms with Crippen LogP contribution in [0.3, 0.4) is 0 Å². The van der Waals surface area contributed by atoms with Crippen molar-refractivity contribution in [2.75, 3.05) is 6.54 Å². The Labute approximate surface area is 143 Å². The van der Waals surface area contributed by atoms with E-state index in [1.54, 1.807) is 0 Å². The molecule has 2 nitrogen and oxygen atoms in total. The normalized spacial score (nSPS) is 10.8. The van der Waals surface area contributed by atoms with Crippen molar-refractivity contribution >= 4 is 31.9 Å². The lowest BCUT2D eigenvalue weighted by Gasteiger charge is -2.09. The van der Waals surface area contributed by atoms with Gasteiger partial charge < -0.3 is 10.1 Å². The zero-order valence-corrected chi connectivity index (χ0v) is 15.2. The Morgan fingerprint density at radius 3 is 2.57 bits per heavy atom. The van der Waals surface area contributed by atoms with Gasteiger partial charge in [0.25, 0.3) is 0 Å². The van der Waals surface area contributed by atoms with E-state index in [2.05, 4.69) is 74.4 Å². The molecular formula is C17H19Br2NO. The Hall–Kier alpha value is -0.680. The molecule has 0 aliphatic carbocycles. The molecule has 2 aromatic carbocycles. The lowest BCUT2D eigenvalue weighted by molar-refractivity contribution is 0.106. The zero-order valence-electron chi connectivity index (χ0n) is 12.0. The van der Waals surface area contributed by atoms with E-state index in [-0.39, 0.29) is 0 Å². The molecule has 0 unspecified atom stereocenters. The largest absolute Gasteiger partial charge is 0.372 e. The van der Waals surface area contributed by atoms with Gasteiger partial charge in [0.2, 0.25) is 0 Å². The van der Waals surface area contributed by atoms with Gasteiger partial charge in [-0.05, 0) is 41.4 Å². The number of hydrogen-bond donors (Lipinski definition) is 1. The van der Waals surface area contributed by atoms with E-state index in [0.29, 0.717) is 13.2 Å². The Balaban J connectivity index is 1.88. The summed E-state index contributed by atoms with van der Waals surface area (Å²) in [4.78, 5) is 0. The lowest BCUT2D eigenvalue weighted by atomic mass is 10.1. The lowest BCUT2D eigenvalue weighted by Crippen LogP contribution is -2.11. The first-order valence-corrected chi connectivity index (χ1v) is 8.58. The molecule has 0 heterocycles. The third-order valence-corrected chi connectivity index (χ3v) is 4.34. The van der Waals surface area contributed by atoms with Gasteiger partial charge in [-0.1, -0.05) is 63.0 Å². The van der Waals surface area contributed by atoms with E-state index in [0.717, 1.165) is 22.0 Å². The van der Waals surface area contributed by atoms with Crippen molar-refractivity contribution in [3.63, 3.8) is 0 Å². The van der Waals surface area contributed by atoms with E-state index < -0.39 is 0 Å². The zero-order chi connectivity index (χ0) is 15.1. The highest BCUT2D eigenvalue weighted by atomic mass is 79.9. The van der Waals surface area contributed by atoms with Gasteiger partial charge in [0.15, 0.2) is 0 Å². The third kappa shape index (κ3) is 5.55. The molecular weight excluding hydrogens is 394 g/mol. The Kier molecular flexibility index (Phi) is 6.90. The van der Waals surface area contributed by atoms with Crippen LogP contribution in [0.5, 0.6) is 0 Å². The molecule has 0 saturated heterocycles. The molecule has 0 fully saturated rings. The SMILES string of the molecule is CCNCc1ccc(COCc2cccc(Br)c2)c(Br)c1. The van der Waals surface area contributed by atoms with Gasteiger partial charge in [-0.3, -0.25) is 0 Å². The first-order valence-electron chi connectivity index (χ1n) is 6.99. The summed E-state index contributed by atoms with van der Waals surface area (Å²) in [5.74, 6) is 0. The fourth-order valence-electron chi connectivity index (χ4n) is 1.99. The van der Waals surface area contributed by atoms with Gasteiger partial charge in [0.05, 0.1) is 13.2 Å². The van der Waals surface area contributed by atoms with Crippen LogP contribution in [0.15, 0.2) is 51.4 Å². The van der Waals surface area contributed by atoms with Gasteiger partial charge in [-0.2, -0.15) is 0 Å². The summed E-state index contributed by atoms with van der Waals surface area (Å²) in [5, 5.41) is 3.32. The number of benzene rings is 2. The van der Waals surface area contributed by atoms with Crippen LogP contribution in [0.25, 0.3) is 0 Å². The molecule has 2 aromatic rings. The maximum atomic E-state index is 5.80. The molecule has 0 aromatic heterocycles. The van der Waals surface area contributed by atoms with E-state index >= 15 is 0 Å². The number of ether oxygens (including phenoxy) is 1. The van der Waals surface area contributed by atoms with Gasteiger partial charge in [0, 0.05) is 15.5 Å². The summed E-state index contributed by atoms with van der Waals surface area (Å²) in [6.07, 6.45) is 0. The molecule has 0 atom stereocenters. The number of hydrogen-bond acceptors (Lipinski definition) is 2. The fraction of sp³-hybridized carbons (Fsp3) is 0.294. The van der Waals surface area contributed by atoms with Crippen molar-refractivity contribution in [3.8, 4) is 0 Å². The van der Waals surface area contributed by atoms with E-state index in [4.69, 9.17) is 4.74 Å². The van der Waals surface area contributed by atoms with Crippen LogP contribution in [0.2, 0.25) is 0 Å². The predicted molar refractivity (Wildman–Crippen MR) is 94.2 cm³/mol. The molecule has 112 valence electrons. The summed E-state index contributed by atoms with van der Waals surface area (Å²) < 4.78 is 7.98. The number of nitrogens with one attached hydrogen (secondary N) is 1. The minimum atomic E-state index is 0.606. The fourth-order valence-corrected chi connectivity index (χ4v) is 2.98. The van der Waals surface area contributed by atoms with Crippen LogP contribution in [0.4, 0.5) is 0 Å². The summed E-state index contributed by atoms with van der Waals surface area (Å²) in [5.41, 5.74) is 3.62. The van der Waals surface area contributed by atoms with Crippen LogP contribution < -0.4 is 5.32 Å². The second-order valence-corrected chi connectivity index (χ2v) is 6.60. The minimum absolute atomic E-state index is 0.606. The van der Waals surface area contributed by atoms with E-state index in [1.165, 1.54) is 16.7 Å². The highest BCUT2D eigenvalue weighted by Gasteiger charge is 2.03. The molecule has 0 aliphatic rings. The minimum Gasteiger partial charge on any atom is -0.372 e. The maximum Gasteiger partial charge on any atom is 0.0732 e. The topological polar surface area (TPSA) is 21.3 Å². The van der Waals surface area contributed by atoms with Crippen LogP contribution >= 0.6 is 31.9 Å². The average molecular weight is 413 g/mol. The van der Waals surface area contributed by atoms with Crippen LogP contribution in [-0.4, -0.2) is 6.54 Å². The molecule has 0 spiro atoms. The molecule has 21 heavy (non-hydrogen) atoms. The van der Waals surface area contributed by atoms with Crippen molar-refractivity contribution in [2.45, 2.75) is 26.7 Å². The van der Waals surface area contributed by atoms with Gasteiger partial charge in [-0.25, -0.2) is 0 Å². The first-order chi connectivity index (χ1) is 10.2. The number of halogens is 2. The summed E-state index contributed by atoms with van der Waals surface area (Å²) in [6, 6.07) is 14.6. The highest BCUT2D eigenvalue weighted by Crippen LogP contribution is 2.20. The van der Waals surface area contributed by atoms with Crippen molar-refractivity contribution in [1.29, 1.82) is 0 Å². The van der Waals surface area contributed by atoms with E-state index in [9.17, 15) is 0 Å². The molecule has 2 rings (SSSR count). The number of rotatable bonds is 7. The third-order valence-electron chi connectivity index (χ3n) is 3.11. The van der Waals surface area contributed by atoms with Crippen LogP contribution in [-0.2, 0) is 24.5 Å². The Bertz CT molecular complexity index is 587. The molecule has 0 amide bonds. The van der Waals surface area contributed by atoms with Gasteiger partial charge >= 0.3 is 0 Å². The molecule has 0 bridgehead atoms.